The molecule has 0 radical (unpaired) electrons. The molecule has 1 aromatic heterocycles. The summed E-state index contributed by atoms with van der Waals surface area (Å²) < 4.78 is 1.06. The van der Waals surface area contributed by atoms with E-state index in [0.717, 1.165) is 38.4 Å². The average molecular weight is 333 g/mol. The van der Waals surface area contributed by atoms with Gasteiger partial charge in [0, 0.05) is 19.1 Å². The van der Waals surface area contributed by atoms with Crippen LogP contribution in [0.2, 0.25) is 8.67 Å². The van der Waals surface area contributed by atoms with Crippen molar-refractivity contribution in [1.82, 2.24) is 10.2 Å². The molecule has 1 amide bonds. The van der Waals surface area contributed by atoms with E-state index in [1.54, 1.807) is 6.07 Å². The first-order valence-electron chi connectivity index (χ1n) is 7.11. The van der Waals surface area contributed by atoms with Crippen molar-refractivity contribution in [2.45, 2.75) is 31.7 Å². The van der Waals surface area contributed by atoms with E-state index in [-0.39, 0.29) is 5.91 Å². The molecule has 0 atom stereocenters. The second kappa shape index (κ2) is 6.22. The largest absolute Gasteiger partial charge is 0.338 e. The Kier molecular flexibility index (Phi) is 4.55. The van der Waals surface area contributed by atoms with Gasteiger partial charge in [0.1, 0.15) is 4.34 Å². The number of hydrogen-bond donors (Lipinski definition) is 1. The summed E-state index contributed by atoms with van der Waals surface area (Å²) >= 11 is 13.2. The highest BCUT2D eigenvalue weighted by atomic mass is 35.5. The molecule has 1 saturated heterocycles. The van der Waals surface area contributed by atoms with Crippen LogP contribution >= 0.6 is 34.5 Å². The Bertz CT molecular complexity index is 493. The summed E-state index contributed by atoms with van der Waals surface area (Å²) in [6, 6.07) is 2.23. The Balaban J connectivity index is 1.51. The van der Waals surface area contributed by atoms with Gasteiger partial charge in [-0.25, -0.2) is 0 Å². The Morgan fingerprint density at radius 1 is 1.30 bits per heavy atom. The fraction of sp³-hybridized carbons (Fsp3) is 0.643. The highest BCUT2D eigenvalue weighted by Gasteiger charge is 2.27. The lowest BCUT2D eigenvalue weighted by Gasteiger charge is -2.32. The van der Waals surface area contributed by atoms with Crippen LogP contribution in [0.1, 0.15) is 36.0 Å². The molecule has 3 rings (SSSR count). The van der Waals surface area contributed by atoms with Crippen LogP contribution in [0, 0.1) is 5.92 Å². The number of likely N-dealkylation sites (tertiary alicyclic amines) is 1. The van der Waals surface area contributed by atoms with Gasteiger partial charge in [0.15, 0.2) is 0 Å². The van der Waals surface area contributed by atoms with Crippen molar-refractivity contribution < 1.29 is 4.79 Å². The van der Waals surface area contributed by atoms with Crippen molar-refractivity contribution in [3.63, 3.8) is 0 Å². The zero-order valence-corrected chi connectivity index (χ0v) is 13.5. The van der Waals surface area contributed by atoms with Crippen molar-refractivity contribution in [2.24, 2.45) is 5.92 Å². The van der Waals surface area contributed by atoms with Crippen molar-refractivity contribution >= 4 is 40.4 Å². The predicted molar refractivity (Wildman–Crippen MR) is 84.0 cm³/mol. The molecule has 1 N–H and O–H groups in total. The van der Waals surface area contributed by atoms with Crippen molar-refractivity contribution in [2.75, 3.05) is 19.6 Å². The number of carbonyl (C=O) groups excluding carboxylic acids is 1. The highest BCUT2D eigenvalue weighted by molar-refractivity contribution is 7.20. The minimum Gasteiger partial charge on any atom is -0.338 e. The van der Waals surface area contributed by atoms with Crippen LogP contribution in [0.3, 0.4) is 0 Å². The topological polar surface area (TPSA) is 32.3 Å². The summed E-state index contributed by atoms with van der Waals surface area (Å²) in [5.74, 6) is 0.917. The first kappa shape index (κ1) is 14.6. The number of amides is 1. The van der Waals surface area contributed by atoms with Crippen molar-refractivity contribution in [1.29, 1.82) is 0 Å². The Hall–Kier alpha value is -0.290. The smallest absolute Gasteiger partial charge is 0.256 e. The lowest BCUT2D eigenvalue weighted by atomic mass is 10.0. The number of nitrogens with zero attached hydrogens (tertiary/aromatic N) is 1. The molecule has 0 spiro atoms. The molecular weight excluding hydrogens is 315 g/mol. The van der Waals surface area contributed by atoms with Crippen LogP contribution in [0.5, 0.6) is 0 Å². The quantitative estimate of drug-likeness (QED) is 0.912. The van der Waals surface area contributed by atoms with E-state index in [1.807, 2.05) is 4.90 Å². The summed E-state index contributed by atoms with van der Waals surface area (Å²) in [4.78, 5) is 14.3. The van der Waals surface area contributed by atoms with Gasteiger partial charge in [-0.2, -0.15) is 0 Å². The molecule has 2 aliphatic rings. The molecule has 6 heteroatoms. The van der Waals surface area contributed by atoms with E-state index >= 15 is 0 Å². The third-order valence-electron chi connectivity index (χ3n) is 4.06. The summed E-state index contributed by atoms with van der Waals surface area (Å²) in [6.07, 6.45) is 4.80. The number of halogens is 2. The number of hydrogen-bond acceptors (Lipinski definition) is 3. The molecule has 110 valence electrons. The number of rotatable bonds is 4. The number of piperidine rings is 1. The lowest BCUT2D eigenvalue weighted by Crippen LogP contribution is -2.45. The molecule has 1 aliphatic carbocycles. The first-order valence-corrected chi connectivity index (χ1v) is 8.68. The fourth-order valence-electron chi connectivity index (χ4n) is 2.60. The van der Waals surface area contributed by atoms with Crippen LogP contribution < -0.4 is 5.32 Å². The van der Waals surface area contributed by atoms with E-state index < -0.39 is 0 Å². The van der Waals surface area contributed by atoms with Crippen LogP contribution in [0.15, 0.2) is 6.07 Å². The summed E-state index contributed by atoms with van der Waals surface area (Å²) in [5.41, 5.74) is 0.547. The van der Waals surface area contributed by atoms with Crippen LogP contribution in [0.25, 0.3) is 0 Å². The number of nitrogens with one attached hydrogen (secondary N) is 1. The molecule has 1 saturated carbocycles. The van der Waals surface area contributed by atoms with Gasteiger partial charge in [-0.3, -0.25) is 4.79 Å². The van der Waals surface area contributed by atoms with Gasteiger partial charge in [0.2, 0.25) is 0 Å². The third kappa shape index (κ3) is 3.48. The molecule has 0 unspecified atom stereocenters. The monoisotopic (exact) mass is 332 g/mol. The summed E-state index contributed by atoms with van der Waals surface area (Å²) in [6.45, 7) is 2.74. The lowest BCUT2D eigenvalue weighted by molar-refractivity contribution is 0.0705. The number of carbonyl (C=O) groups is 1. The zero-order valence-electron chi connectivity index (χ0n) is 11.2. The maximum absolute atomic E-state index is 12.4. The molecule has 20 heavy (non-hydrogen) atoms. The molecule has 2 fully saturated rings. The average Bonchev–Trinajstić information content (AvgIpc) is 3.21. The standard InChI is InChI=1S/C14H18Cl2N2OS/c15-12-7-11(13(16)20-12)14(19)18-5-3-10(4-6-18)17-8-9-1-2-9/h7,9-10,17H,1-6,8H2. The van der Waals surface area contributed by atoms with Gasteiger partial charge in [-0.1, -0.05) is 23.2 Å². The van der Waals surface area contributed by atoms with Crippen LogP contribution in [-0.2, 0) is 0 Å². The van der Waals surface area contributed by atoms with E-state index in [9.17, 15) is 4.79 Å². The maximum Gasteiger partial charge on any atom is 0.256 e. The van der Waals surface area contributed by atoms with Gasteiger partial charge in [-0.15, -0.1) is 11.3 Å². The Labute approximate surface area is 133 Å². The maximum atomic E-state index is 12.4. The summed E-state index contributed by atoms with van der Waals surface area (Å²) in [5, 5.41) is 3.62. The second-order valence-corrected chi connectivity index (χ2v) is 7.94. The molecular formula is C14H18Cl2N2OS. The molecule has 0 bridgehead atoms. The molecule has 1 aliphatic heterocycles. The van der Waals surface area contributed by atoms with Gasteiger partial charge in [0.05, 0.1) is 9.90 Å². The Morgan fingerprint density at radius 2 is 2.00 bits per heavy atom. The van der Waals surface area contributed by atoms with E-state index in [4.69, 9.17) is 23.2 Å². The number of thiophene rings is 1. The highest BCUT2D eigenvalue weighted by Crippen LogP contribution is 2.32. The van der Waals surface area contributed by atoms with E-state index in [0.29, 0.717) is 20.3 Å². The van der Waals surface area contributed by atoms with Crippen LogP contribution in [0.4, 0.5) is 0 Å². The molecule has 3 nitrogen and oxygen atoms in total. The molecule has 1 aromatic rings. The van der Waals surface area contributed by atoms with Gasteiger partial charge < -0.3 is 10.2 Å². The SMILES string of the molecule is O=C(c1cc(Cl)sc1Cl)N1CCC(NCC2CC2)CC1. The molecule has 0 aromatic carbocycles. The third-order valence-corrected chi connectivity index (χ3v) is 5.55. The second-order valence-electron chi connectivity index (χ2n) is 5.66. The van der Waals surface area contributed by atoms with Gasteiger partial charge in [0.25, 0.3) is 5.91 Å². The van der Waals surface area contributed by atoms with E-state index in [1.165, 1.54) is 24.2 Å². The van der Waals surface area contributed by atoms with Gasteiger partial charge >= 0.3 is 0 Å². The predicted octanol–water partition coefficient (Wildman–Crippen LogP) is 3.66. The summed E-state index contributed by atoms with van der Waals surface area (Å²) in [7, 11) is 0. The molecule has 2 heterocycles. The minimum atomic E-state index is 0.0128. The van der Waals surface area contributed by atoms with E-state index in [2.05, 4.69) is 5.32 Å². The minimum absolute atomic E-state index is 0.0128. The zero-order chi connectivity index (χ0) is 14.1. The normalized spacial score (nSPS) is 20.4. The fourth-order valence-corrected chi connectivity index (χ4v) is 4.05. The Morgan fingerprint density at radius 3 is 2.55 bits per heavy atom. The van der Waals surface area contributed by atoms with Crippen LogP contribution in [-0.4, -0.2) is 36.5 Å². The van der Waals surface area contributed by atoms with Crippen molar-refractivity contribution in [3.8, 4) is 0 Å². The van der Waals surface area contributed by atoms with Gasteiger partial charge in [-0.05, 0) is 44.2 Å². The van der Waals surface area contributed by atoms with Crippen molar-refractivity contribution in [3.05, 3.63) is 20.3 Å². The first-order chi connectivity index (χ1) is 9.63.